The van der Waals surface area contributed by atoms with Gasteiger partial charge in [0.2, 0.25) is 17.7 Å². The molecule has 376 valence electrons. The molecule has 6 atom stereocenters. The molecular formula is C51H97N3O10. The lowest BCUT2D eigenvalue weighted by Gasteiger charge is -2.47. The summed E-state index contributed by atoms with van der Waals surface area (Å²) in [4.78, 5) is 52.5. The van der Waals surface area contributed by atoms with Crippen LogP contribution in [0.15, 0.2) is 0 Å². The highest BCUT2D eigenvalue weighted by atomic mass is 16.5. The van der Waals surface area contributed by atoms with Crippen LogP contribution in [0.5, 0.6) is 0 Å². The van der Waals surface area contributed by atoms with Gasteiger partial charge in [0.15, 0.2) is 6.23 Å². The first-order chi connectivity index (χ1) is 31.1. The second kappa shape index (κ2) is 40.9. The van der Waals surface area contributed by atoms with Crippen LogP contribution in [0.3, 0.4) is 0 Å². The average Bonchev–Trinajstić information content (AvgIpc) is 3.28. The summed E-state index contributed by atoms with van der Waals surface area (Å²) in [5, 5.41) is 56.4. The van der Waals surface area contributed by atoms with Gasteiger partial charge in [-0.15, -0.1) is 0 Å². The highest BCUT2D eigenvalue weighted by Gasteiger charge is 2.48. The minimum absolute atomic E-state index is 0.0490. The number of rotatable bonds is 44. The van der Waals surface area contributed by atoms with Gasteiger partial charge in [-0.3, -0.25) is 19.2 Å². The predicted octanol–water partition coefficient (Wildman–Crippen LogP) is 9.38. The standard InChI is InChI=1S/C51H97N3O10/c1-3-5-7-9-11-13-15-17-19-21-23-25-27-29-31-35-39-54(45(58)37-32-30-28-26-24-22-20-18-16-14-12-10-8-6-4-2)51-47(49(62)48(61)43(41-56)64-51)53-50(63)42(40-55)52-44(57)36-33-34-38-46(59)60/h42-43,47-49,51,55-56,61-62H,3-41H2,1-2H3,(H,52,57)(H,53,63)(H,59,60)/t42-,43+,47+,48+,49+,51+/m0/s1. The van der Waals surface area contributed by atoms with E-state index in [0.717, 1.165) is 38.5 Å². The molecule has 7 N–H and O–H groups in total. The maximum atomic E-state index is 14.1. The molecule has 1 aliphatic rings. The molecule has 0 radical (unpaired) electrons. The molecular weight excluding hydrogens is 815 g/mol. The zero-order chi connectivity index (χ0) is 47.0. The van der Waals surface area contributed by atoms with Gasteiger partial charge in [-0.1, -0.05) is 200 Å². The van der Waals surface area contributed by atoms with E-state index >= 15 is 0 Å². The molecule has 3 amide bonds. The van der Waals surface area contributed by atoms with Crippen molar-refractivity contribution in [3.8, 4) is 0 Å². The Balaban J connectivity index is 2.81. The Bertz CT molecular complexity index is 1160. The summed E-state index contributed by atoms with van der Waals surface area (Å²) < 4.78 is 6.13. The molecule has 1 saturated heterocycles. The highest BCUT2D eigenvalue weighted by Crippen LogP contribution is 2.26. The van der Waals surface area contributed by atoms with Crippen molar-refractivity contribution in [2.24, 2.45) is 0 Å². The van der Waals surface area contributed by atoms with E-state index in [1.807, 2.05) is 0 Å². The van der Waals surface area contributed by atoms with Crippen molar-refractivity contribution in [1.29, 1.82) is 0 Å². The van der Waals surface area contributed by atoms with Crippen molar-refractivity contribution in [2.75, 3.05) is 19.8 Å². The molecule has 0 bridgehead atoms. The van der Waals surface area contributed by atoms with Crippen molar-refractivity contribution in [2.45, 2.75) is 282 Å². The topological polar surface area (TPSA) is 206 Å². The number of amides is 3. The molecule has 64 heavy (non-hydrogen) atoms. The van der Waals surface area contributed by atoms with E-state index in [4.69, 9.17) is 9.84 Å². The van der Waals surface area contributed by atoms with Gasteiger partial charge in [0.05, 0.1) is 13.2 Å². The monoisotopic (exact) mass is 912 g/mol. The maximum Gasteiger partial charge on any atom is 0.303 e. The largest absolute Gasteiger partial charge is 0.481 e. The molecule has 13 heteroatoms. The number of carboxylic acid groups (broad SMARTS) is 1. The van der Waals surface area contributed by atoms with E-state index in [0.29, 0.717) is 19.4 Å². The summed E-state index contributed by atoms with van der Waals surface area (Å²) in [6.45, 7) is 3.42. The van der Waals surface area contributed by atoms with Crippen LogP contribution in [0.4, 0.5) is 0 Å². The van der Waals surface area contributed by atoms with Crippen molar-refractivity contribution < 1.29 is 49.4 Å². The number of carboxylic acids is 1. The number of unbranched alkanes of at least 4 members (excludes halogenated alkanes) is 30. The van der Waals surface area contributed by atoms with Crippen LogP contribution in [-0.4, -0.2) is 111 Å². The minimum atomic E-state index is -1.63. The van der Waals surface area contributed by atoms with Crippen LogP contribution in [0, 0.1) is 0 Å². The first-order valence-electron chi connectivity index (χ1n) is 26.4. The van der Waals surface area contributed by atoms with E-state index in [1.165, 1.54) is 153 Å². The third-order valence-electron chi connectivity index (χ3n) is 13.0. The second-order valence-corrected chi connectivity index (χ2v) is 18.8. The van der Waals surface area contributed by atoms with Crippen LogP contribution in [0.1, 0.15) is 245 Å². The fourth-order valence-electron chi connectivity index (χ4n) is 8.82. The van der Waals surface area contributed by atoms with Gasteiger partial charge < -0.3 is 45.8 Å². The average molecular weight is 912 g/mol. The van der Waals surface area contributed by atoms with Gasteiger partial charge in [-0.25, -0.2) is 0 Å². The molecule has 0 aliphatic carbocycles. The van der Waals surface area contributed by atoms with Gasteiger partial charge in [0.1, 0.15) is 30.4 Å². The molecule has 1 heterocycles. The lowest BCUT2D eigenvalue weighted by Crippen LogP contribution is -2.70. The van der Waals surface area contributed by atoms with E-state index in [2.05, 4.69) is 24.5 Å². The summed E-state index contributed by atoms with van der Waals surface area (Å²) in [5.41, 5.74) is 0. The first-order valence-corrected chi connectivity index (χ1v) is 26.4. The number of nitrogens with one attached hydrogen (secondary N) is 2. The Kier molecular flexibility index (Phi) is 38.2. The second-order valence-electron chi connectivity index (χ2n) is 18.8. The highest BCUT2D eigenvalue weighted by molar-refractivity contribution is 5.88. The Labute approximate surface area is 389 Å². The number of hydrogen-bond acceptors (Lipinski definition) is 9. The lowest BCUT2D eigenvalue weighted by molar-refractivity contribution is -0.231. The zero-order valence-electron chi connectivity index (χ0n) is 40.8. The van der Waals surface area contributed by atoms with Crippen LogP contribution >= 0.6 is 0 Å². The van der Waals surface area contributed by atoms with Crippen molar-refractivity contribution in [1.82, 2.24) is 15.5 Å². The van der Waals surface area contributed by atoms with Crippen molar-refractivity contribution in [3.05, 3.63) is 0 Å². The van der Waals surface area contributed by atoms with Crippen LogP contribution in [0.25, 0.3) is 0 Å². The summed E-state index contributed by atoms with van der Waals surface area (Å²) >= 11 is 0. The zero-order valence-corrected chi connectivity index (χ0v) is 40.8. The number of carbonyl (C=O) groups excluding carboxylic acids is 3. The van der Waals surface area contributed by atoms with E-state index < -0.39 is 67.6 Å². The Morgan fingerprint density at radius 3 is 1.33 bits per heavy atom. The van der Waals surface area contributed by atoms with Crippen molar-refractivity contribution >= 4 is 23.7 Å². The number of carbonyl (C=O) groups is 4. The van der Waals surface area contributed by atoms with E-state index in [1.54, 1.807) is 0 Å². The third kappa shape index (κ3) is 29.3. The SMILES string of the molecule is CCCCCCCCCCCCCCCCCCN(C(=O)CCCCCCCCCCCCCCCCC)[C@@H]1O[C@H](CO)[C@@H](O)[C@H](O)[C@H]1NC(=O)[C@H](CO)NC(=O)CCCCC(=O)O. The fourth-order valence-corrected chi connectivity index (χ4v) is 8.82. The molecule has 0 aromatic rings. The van der Waals surface area contributed by atoms with Gasteiger partial charge in [0.25, 0.3) is 0 Å². The fraction of sp³-hybridized carbons (Fsp3) is 0.922. The molecule has 0 aromatic heterocycles. The van der Waals surface area contributed by atoms with Gasteiger partial charge in [0, 0.05) is 25.8 Å². The Hall–Kier alpha value is -2.32. The van der Waals surface area contributed by atoms with Gasteiger partial charge >= 0.3 is 5.97 Å². The van der Waals surface area contributed by atoms with Crippen molar-refractivity contribution in [3.63, 3.8) is 0 Å². The quantitative estimate of drug-likeness (QED) is 0.0288. The van der Waals surface area contributed by atoms with Gasteiger partial charge in [-0.05, 0) is 25.7 Å². The molecule has 0 aromatic carbocycles. The van der Waals surface area contributed by atoms with Crippen LogP contribution in [0.2, 0.25) is 0 Å². The maximum absolute atomic E-state index is 14.1. The minimum Gasteiger partial charge on any atom is -0.481 e. The number of hydrogen-bond donors (Lipinski definition) is 7. The number of aliphatic hydroxyl groups excluding tert-OH is 4. The van der Waals surface area contributed by atoms with E-state index in [9.17, 15) is 39.6 Å². The molecule has 0 spiro atoms. The molecule has 1 aliphatic heterocycles. The van der Waals surface area contributed by atoms with Crippen LogP contribution < -0.4 is 10.6 Å². The smallest absolute Gasteiger partial charge is 0.303 e. The Morgan fingerprint density at radius 2 is 0.922 bits per heavy atom. The molecule has 0 saturated carbocycles. The third-order valence-corrected chi connectivity index (χ3v) is 13.0. The number of ether oxygens (including phenoxy) is 1. The Morgan fingerprint density at radius 1 is 0.531 bits per heavy atom. The lowest BCUT2D eigenvalue weighted by atomic mass is 9.94. The molecule has 0 unspecified atom stereocenters. The molecule has 1 rings (SSSR count). The molecule has 1 fully saturated rings. The predicted molar refractivity (Wildman–Crippen MR) is 256 cm³/mol. The normalized spacial score (nSPS) is 19.1. The van der Waals surface area contributed by atoms with Gasteiger partial charge in [-0.2, -0.15) is 0 Å². The molecule has 13 nitrogen and oxygen atoms in total. The number of aliphatic hydroxyl groups is 4. The summed E-state index contributed by atoms with van der Waals surface area (Å²) in [7, 11) is 0. The summed E-state index contributed by atoms with van der Waals surface area (Å²) in [6.07, 6.45) is 32.5. The van der Waals surface area contributed by atoms with Crippen LogP contribution in [-0.2, 0) is 23.9 Å². The summed E-state index contributed by atoms with van der Waals surface area (Å²) in [5.74, 6) is -2.57. The number of nitrogens with zero attached hydrogens (tertiary/aromatic N) is 1. The number of aliphatic carboxylic acids is 1. The summed E-state index contributed by atoms with van der Waals surface area (Å²) in [6, 6.07) is -2.73. The van der Waals surface area contributed by atoms with E-state index in [-0.39, 0.29) is 38.0 Å². The first kappa shape index (κ1) is 59.7.